The minimum atomic E-state index is 0.386. The first-order valence-corrected chi connectivity index (χ1v) is 5.94. The Morgan fingerprint density at radius 1 is 1.31 bits per heavy atom. The van der Waals surface area contributed by atoms with Crippen molar-refractivity contribution in [2.75, 3.05) is 20.6 Å². The molecule has 0 saturated heterocycles. The third-order valence-electron chi connectivity index (χ3n) is 3.07. The molecule has 0 aromatic carbocycles. The maximum atomic E-state index is 4.03. The van der Waals surface area contributed by atoms with Gasteiger partial charge in [0.05, 0.1) is 0 Å². The highest BCUT2D eigenvalue weighted by Crippen LogP contribution is 2.10. The van der Waals surface area contributed by atoms with Gasteiger partial charge >= 0.3 is 0 Å². The summed E-state index contributed by atoms with van der Waals surface area (Å²) in [6.07, 6.45) is 4.86. The Morgan fingerprint density at radius 2 is 1.94 bits per heavy atom. The first-order valence-electron chi connectivity index (χ1n) is 5.94. The highest BCUT2D eigenvalue weighted by Gasteiger charge is 2.10. The second kappa shape index (κ2) is 6.61. The van der Waals surface area contributed by atoms with Gasteiger partial charge < -0.3 is 10.2 Å². The van der Waals surface area contributed by atoms with Gasteiger partial charge in [-0.1, -0.05) is 6.92 Å². The molecule has 90 valence electrons. The lowest BCUT2D eigenvalue weighted by Gasteiger charge is -2.25. The molecule has 1 rings (SSSR count). The molecule has 1 heterocycles. The minimum absolute atomic E-state index is 0.386. The molecule has 0 radical (unpaired) electrons. The molecule has 16 heavy (non-hydrogen) atoms. The van der Waals surface area contributed by atoms with Crippen LogP contribution in [0.1, 0.15) is 31.9 Å². The Morgan fingerprint density at radius 3 is 2.44 bits per heavy atom. The molecule has 0 amide bonds. The summed E-state index contributed by atoms with van der Waals surface area (Å²) in [6, 6.07) is 5.11. The SMILES string of the molecule is CCC(CNC(C)c1ccncc1)N(C)C. The maximum absolute atomic E-state index is 4.03. The van der Waals surface area contributed by atoms with E-state index in [0.717, 1.165) is 6.54 Å². The van der Waals surface area contributed by atoms with E-state index in [-0.39, 0.29) is 0 Å². The maximum Gasteiger partial charge on any atom is 0.0293 e. The molecule has 3 heteroatoms. The van der Waals surface area contributed by atoms with E-state index >= 15 is 0 Å². The van der Waals surface area contributed by atoms with Crippen molar-refractivity contribution in [3.8, 4) is 0 Å². The molecule has 1 aromatic rings. The van der Waals surface area contributed by atoms with Crippen LogP contribution in [0, 0.1) is 0 Å². The number of hydrogen-bond donors (Lipinski definition) is 1. The highest BCUT2D eigenvalue weighted by molar-refractivity contribution is 5.13. The molecule has 1 N–H and O–H groups in total. The van der Waals surface area contributed by atoms with Crippen LogP contribution in [-0.2, 0) is 0 Å². The van der Waals surface area contributed by atoms with E-state index in [9.17, 15) is 0 Å². The van der Waals surface area contributed by atoms with Gasteiger partial charge in [0.2, 0.25) is 0 Å². The van der Waals surface area contributed by atoms with Crippen molar-refractivity contribution in [1.29, 1.82) is 0 Å². The number of nitrogens with one attached hydrogen (secondary N) is 1. The topological polar surface area (TPSA) is 28.2 Å². The quantitative estimate of drug-likeness (QED) is 0.797. The van der Waals surface area contributed by atoms with Gasteiger partial charge in [0.25, 0.3) is 0 Å². The van der Waals surface area contributed by atoms with E-state index in [1.165, 1.54) is 12.0 Å². The Kier molecular flexibility index (Phi) is 5.43. The normalized spacial score (nSPS) is 15.1. The van der Waals surface area contributed by atoms with Gasteiger partial charge in [0.15, 0.2) is 0 Å². The standard InChI is InChI=1S/C13H23N3/c1-5-13(16(3)4)10-15-11(2)12-6-8-14-9-7-12/h6-9,11,13,15H,5,10H2,1-4H3. The summed E-state index contributed by atoms with van der Waals surface area (Å²) in [7, 11) is 4.26. The molecule has 3 nitrogen and oxygen atoms in total. The Bertz CT molecular complexity index is 284. The lowest BCUT2D eigenvalue weighted by Crippen LogP contribution is -2.38. The molecule has 0 aliphatic carbocycles. The summed E-state index contributed by atoms with van der Waals surface area (Å²) in [4.78, 5) is 6.30. The van der Waals surface area contributed by atoms with Crippen molar-refractivity contribution in [3.63, 3.8) is 0 Å². The third-order valence-corrected chi connectivity index (χ3v) is 3.07. The molecule has 0 spiro atoms. The van der Waals surface area contributed by atoms with Crippen molar-refractivity contribution in [2.24, 2.45) is 0 Å². The van der Waals surface area contributed by atoms with Gasteiger partial charge in [-0.25, -0.2) is 0 Å². The fraction of sp³-hybridized carbons (Fsp3) is 0.615. The molecular weight excluding hydrogens is 198 g/mol. The van der Waals surface area contributed by atoms with Crippen LogP contribution in [0.25, 0.3) is 0 Å². The minimum Gasteiger partial charge on any atom is -0.309 e. The van der Waals surface area contributed by atoms with Gasteiger partial charge in [0, 0.05) is 31.0 Å². The van der Waals surface area contributed by atoms with Crippen molar-refractivity contribution in [1.82, 2.24) is 15.2 Å². The summed E-state index contributed by atoms with van der Waals surface area (Å²) in [5.74, 6) is 0. The van der Waals surface area contributed by atoms with Crippen LogP contribution >= 0.6 is 0 Å². The van der Waals surface area contributed by atoms with E-state index in [2.05, 4.69) is 55.3 Å². The first-order chi connectivity index (χ1) is 7.65. The van der Waals surface area contributed by atoms with Crippen LogP contribution in [0.5, 0.6) is 0 Å². The van der Waals surface area contributed by atoms with E-state index in [0.29, 0.717) is 12.1 Å². The van der Waals surface area contributed by atoms with Crippen LogP contribution in [0.15, 0.2) is 24.5 Å². The van der Waals surface area contributed by atoms with E-state index < -0.39 is 0 Å². The van der Waals surface area contributed by atoms with Gasteiger partial charge in [-0.05, 0) is 45.1 Å². The van der Waals surface area contributed by atoms with Crippen LogP contribution in [-0.4, -0.2) is 36.6 Å². The summed E-state index contributed by atoms with van der Waals surface area (Å²) >= 11 is 0. The molecule has 2 atom stereocenters. The summed E-state index contributed by atoms with van der Waals surface area (Å²) in [6.45, 7) is 5.44. The van der Waals surface area contributed by atoms with Crippen molar-refractivity contribution in [3.05, 3.63) is 30.1 Å². The van der Waals surface area contributed by atoms with Crippen LogP contribution in [0.4, 0.5) is 0 Å². The molecule has 0 fully saturated rings. The van der Waals surface area contributed by atoms with E-state index in [1.54, 1.807) is 0 Å². The van der Waals surface area contributed by atoms with E-state index in [4.69, 9.17) is 0 Å². The second-order valence-corrected chi connectivity index (χ2v) is 4.44. The Hall–Kier alpha value is -0.930. The van der Waals surface area contributed by atoms with Crippen molar-refractivity contribution in [2.45, 2.75) is 32.4 Å². The fourth-order valence-corrected chi connectivity index (χ4v) is 1.77. The zero-order valence-corrected chi connectivity index (χ0v) is 10.8. The predicted octanol–water partition coefficient (Wildman–Crippen LogP) is 2.07. The summed E-state index contributed by atoms with van der Waals surface area (Å²) in [5, 5.41) is 3.56. The summed E-state index contributed by atoms with van der Waals surface area (Å²) < 4.78 is 0. The van der Waals surface area contributed by atoms with Crippen LogP contribution < -0.4 is 5.32 Å². The number of hydrogen-bond acceptors (Lipinski definition) is 3. The zero-order valence-electron chi connectivity index (χ0n) is 10.8. The predicted molar refractivity (Wildman–Crippen MR) is 68.4 cm³/mol. The number of aromatic nitrogens is 1. The van der Waals surface area contributed by atoms with Crippen molar-refractivity contribution < 1.29 is 0 Å². The monoisotopic (exact) mass is 221 g/mol. The van der Waals surface area contributed by atoms with Crippen molar-refractivity contribution >= 4 is 0 Å². The van der Waals surface area contributed by atoms with Gasteiger partial charge in [-0.3, -0.25) is 4.98 Å². The van der Waals surface area contributed by atoms with Crippen LogP contribution in [0.3, 0.4) is 0 Å². The number of pyridine rings is 1. The first kappa shape index (κ1) is 13.1. The molecular formula is C13H23N3. The largest absolute Gasteiger partial charge is 0.309 e. The molecule has 1 aromatic heterocycles. The number of likely N-dealkylation sites (N-methyl/N-ethyl adjacent to an activating group) is 1. The molecule has 0 bridgehead atoms. The molecule has 0 saturated carbocycles. The third kappa shape index (κ3) is 3.91. The molecule has 0 aliphatic heterocycles. The zero-order chi connectivity index (χ0) is 12.0. The molecule has 0 aliphatic rings. The van der Waals surface area contributed by atoms with Gasteiger partial charge in [0.1, 0.15) is 0 Å². The average molecular weight is 221 g/mol. The van der Waals surface area contributed by atoms with Gasteiger partial charge in [-0.2, -0.15) is 0 Å². The Balaban J connectivity index is 2.43. The fourth-order valence-electron chi connectivity index (χ4n) is 1.77. The van der Waals surface area contributed by atoms with Gasteiger partial charge in [-0.15, -0.1) is 0 Å². The summed E-state index contributed by atoms with van der Waals surface area (Å²) in [5.41, 5.74) is 1.30. The number of nitrogens with zero attached hydrogens (tertiary/aromatic N) is 2. The smallest absolute Gasteiger partial charge is 0.0293 e. The lowest BCUT2D eigenvalue weighted by molar-refractivity contribution is 0.270. The highest BCUT2D eigenvalue weighted by atomic mass is 15.1. The lowest BCUT2D eigenvalue weighted by atomic mass is 10.1. The molecule has 2 unspecified atom stereocenters. The van der Waals surface area contributed by atoms with E-state index in [1.807, 2.05) is 12.4 Å². The second-order valence-electron chi connectivity index (χ2n) is 4.44. The number of rotatable bonds is 6. The average Bonchev–Trinajstić information content (AvgIpc) is 2.30. The Labute approximate surface area is 98.9 Å². The van der Waals surface area contributed by atoms with Crippen LogP contribution in [0.2, 0.25) is 0 Å².